The van der Waals surface area contributed by atoms with Crippen molar-refractivity contribution in [1.82, 2.24) is 14.8 Å². The van der Waals surface area contributed by atoms with Gasteiger partial charge in [0.2, 0.25) is 0 Å². The summed E-state index contributed by atoms with van der Waals surface area (Å²) in [6.07, 6.45) is -3.77. The second-order valence-electron chi connectivity index (χ2n) is 5.47. The molecule has 27 heavy (non-hydrogen) atoms. The highest BCUT2D eigenvalue weighted by Crippen LogP contribution is 2.40. The number of hydrogen-bond acceptors (Lipinski definition) is 3. The summed E-state index contributed by atoms with van der Waals surface area (Å²) in [7, 11) is 1.58. The Morgan fingerprint density at radius 1 is 1.11 bits per heavy atom. The molecule has 0 amide bonds. The van der Waals surface area contributed by atoms with E-state index in [9.17, 15) is 22.0 Å². The lowest BCUT2D eigenvalue weighted by Crippen LogP contribution is -2.21. The maximum atomic E-state index is 14.0. The zero-order valence-electron chi connectivity index (χ0n) is 13.6. The average Bonchev–Trinajstić information content (AvgIpc) is 2.96. The van der Waals surface area contributed by atoms with Crippen LogP contribution in [0.5, 0.6) is 0 Å². The molecule has 0 radical (unpaired) electrons. The van der Waals surface area contributed by atoms with E-state index in [1.165, 1.54) is 47.1 Å². The first-order valence-electron chi connectivity index (χ1n) is 7.50. The third-order valence-corrected chi connectivity index (χ3v) is 4.84. The fraction of sp³-hybridized carbons (Fsp3) is 0.176. The predicted molar refractivity (Wildman–Crippen MR) is 93.7 cm³/mol. The Kier molecular flexibility index (Phi) is 5.43. The van der Waals surface area contributed by atoms with Crippen molar-refractivity contribution in [2.24, 2.45) is 7.05 Å². The molecule has 0 N–H and O–H groups in total. The Labute approximate surface area is 160 Å². The molecule has 3 rings (SSSR count). The van der Waals surface area contributed by atoms with E-state index in [1.807, 2.05) is 0 Å². The quantitative estimate of drug-likeness (QED) is 0.381. The van der Waals surface area contributed by atoms with E-state index in [2.05, 4.69) is 10.1 Å². The third kappa shape index (κ3) is 4.08. The normalized spacial score (nSPS) is 12.0. The summed E-state index contributed by atoms with van der Waals surface area (Å²) in [6.45, 7) is 0. The number of hydrogen-bond donors (Lipinski definition) is 0. The van der Waals surface area contributed by atoms with Crippen LogP contribution >= 0.6 is 23.4 Å². The van der Waals surface area contributed by atoms with Gasteiger partial charge < -0.3 is 0 Å². The van der Waals surface area contributed by atoms with Gasteiger partial charge in [0.25, 0.3) is 0 Å². The number of halogens is 6. The van der Waals surface area contributed by atoms with Gasteiger partial charge in [-0.15, -0.1) is 0 Å². The van der Waals surface area contributed by atoms with Gasteiger partial charge in [-0.25, -0.2) is 22.8 Å². The molecule has 0 saturated heterocycles. The second kappa shape index (κ2) is 7.47. The molecule has 2 aromatic carbocycles. The maximum absolute atomic E-state index is 14.0. The maximum Gasteiger partial charge on any atom is 0.357 e. The topological polar surface area (TPSA) is 30.7 Å². The average molecular weight is 420 g/mol. The zero-order valence-corrected chi connectivity index (χ0v) is 15.2. The van der Waals surface area contributed by atoms with E-state index in [-0.39, 0.29) is 33.1 Å². The van der Waals surface area contributed by atoms with Crippen LogP contribution in [0.15, 0.2) is 47.4 Å². The molecule has 0 aliphatic rings. The number of aromatic nitrogens is 3. The molecule has 142 valence electrons. The number of alkyl halides is 4. The van der Waals surface area contributed by atoms with Gasteiger partial charge in [0.1, 0.15) is 5.82 Å². The molecule has 0 atom stereocenters. The second-order valence-corrected chi connectivity index (χ2v) is 7.10. The van der Waals surface area contributed by atoms with E-state index in [0.29, 0.717) is 11.4 Å². The molecule has 0 bridgehead atoms. The van der Waals surface area contributed by atoms with E-state index in [4.69, 9.17) is 11.6 Å². The summed E-state index contributed by atoms with van der Waals surface area (Å²) in [6, 6.07) is 9.64. The van der Waals surface area contributed by atoms with Crippen LogP contribution in [0.1, 0.15) is 0 Å². The van der Waals surface area contributed by atoms with Gasteiger partial charge in [-0.2, -0.15) is 13.9 Å². The molecule has 1 heterocycles. The van der Waals surface area contributed by atoms with E-state index in [1.54, 1.807) is 7.05 Å². The van der Waals surface area contributed by atoms with Gasteiger partial charge in [0.05, 0.1) is 10.6 Å². The van der Waals surface area contributed by atoms with Crippen LogP contribution in [0.2, 0.25) is 5.02 Å². The van der Waals surface area contributed by atoms with Crippen LogP contribution in [0, 0.1) is 5.82 Å². The lowest BCUT2D eigenvalue weighted by Gasteiger charge is -2.14. The third-order valence-electron chi connectivity index (χ3n) is 3.57. The largest absolute Gasteiger partial charge is 0.357 e. The Morgan fingerprint density at radius 2 is 1.78 bits per heavy atom. The highest BCUT2D eigenvalue weighted by molar-refractivity contribution is 8.00. The van der Waals surface area contributed by atoms with Gasteiger partial charge in [-0.3, -0.25) is 0 Å². The Hall–Kier alpha value is -2.13. The van der Waals surface area contributed by atoms with Crippen molar-refractivity contribution < 1.29 is 22.0 Å². The van der Waals surface area contributed by atoms with Crippen molar-refractivity contribution in [3.05, 3.63) is 53.3 Å². The van der Waals surface area contributed by atoms with E-state index in [0.717, 1.165) is 0 Å². The van der Waals surface area contributed by atoms with Gasteiger partial charge in [-0.1, -0.05) is 29.8 Å². The van der Waals surface area contributed by atoms with Crippen LogP contribution in [0.25, 0.3) is 22.8 Å². The standard InChI is InChI=1S/C17H11ClF5N3S/c1-26-15(24-14(25-26)13-11(18)3-2-4-12(13)19)9-5-7-10(8-6-9)27-17(22,23)16(20)21/h2-8,16H,1H3. The minimum atomic E-state index is -4.18. The first kappa shape index (κ1) is 19.6. The van der Waals surface area contributed by atoms with Crippen LogP contribution in [-0.2, 0) is 7.05 Å². The van der Waals surface area contributed by atoms with Crippen LogP contribution in [0.3, 0.4) is 0 Å². The van der Waals surface area contributed by atoms with Gasteiger partial charge in [-0.05, 0) is 36.0 Å². The first-order chi connectivity index (χ1) is 12.7. The summed E-state index contributed by atoms with van der Waals surface area (Å²) < 4.78 is 66.3. The minimum absolute atomic E-state index is 0.0245. The Morgan fingerprint density at radius 3 is 2.37 bits per heavy atom. The molecule has 3 nitrogen and oxygen atoms in total. The lowest BCUT2D eigenvalue weighted by atomic mass is 10.2. The van der Waals surface area contributed by atoms with Crippen LogP contribution in [-0.4, -0.2) is 26.4 Å². The molecule has 1 aromatic heterocycles. The van der Waals surface area contributed by atoms with Crippen LogP contribution in [0.4, 0.5) is 22.0 Å². The molecular formula is C17H11ClF5N3S. The molecular weight excluding hydrogens is 409 g/mol. The van der Waals surface area contributed by atoms with Gasteiger partial charge in [0.15, 0.2) is 11.6 Å². The summed E-state index contributed by atoms with van der Waals surface area (Å²) in [5.41, 5.74) is 0.540. The molecule has 0 saturated carbocycles. The number of rotatable bonds is 5. The minimum Gasteiger partial charge on any atom is -0.248 e. The SMILES string of the molecule is Cn1nc(-c2c(F)cccc2Cl)nc1-c1ccc(SC(F)(F)C(F)F)cc1. The highest BCUT2D eigenvalue weighted by Gasteiger charge is 2.41. The van der Waals surface area contributed by atoms with Crippen molar-refractivity contribution in [3.8, 4) is 22.8 Å². The Bertz CT molecular complexity index is 939. The molecule has 0 aliphatic carbocycles. The fourth-order valence-electron chi connectivity index (χ4n) is 2.33. The van der Waals surface area contributed by atoms with Crippen molar-refractivity contribution in [1.29, 1.82) is 0 Å². The number of benzene rings is 2. The Balaban J connectivity index is 1.91. The van der Waals surface area contributed by atoms with E-state index < -0.39 is 17.5 Å². The summed E-state index contributed by atoms with van der Waals surface area (Å²) >= 11 is 5.79. The molecule has 0 spiro atoms. The summed E-state index contributed by atoms with van der Waals surface area (Å²) in [4.78, 5) is 4.23. The molecule has 10 heteroatoms. The zero-order chi connectivity index (χ0) is 19.8. The van der Waals surface area contributed by atoms with Crippen molar-refractivity contribution in [2.45, 2.75) is 16.6 Å². The lowest BCUT2D eigenvalue weighted by molar-refractivity contribution is -0.0563. The van der Waals surface area contributed by atoms with Gasteiger partial charge >= 0.3 is 11.7 Å². The smallest absolute Gasteiger partial charge is 0.248 e. The summed E-state index contributed by atoms with van der Waals surface area (Å²) in [5.74, 6) is -0.180. The fourth-order valence-corrected chi connectivity index (χ4v) is 3.25. The molecule has 0 aliphatic heterocycles. The van der Waals surface area contributed by atoms with Crippen molar-refractivity contribution in [2.75, 3.05) is 0 Å². The van der Waals surface area contributed by atoms with Gasteiger partial charge in [0, 0.05) is 17.5 Å². The molecule has 0 fully saturated rings. The highest BCUT2D eigenvalue weighted by atomic mass is 35.5. The van der Waals surface area contributed by atoms with E-state index >= 15 is 0 Å². The van der Waals surface area contributed by atoms with Crippen LogP contribution < -0.4 is 0 Å². The molecule has 0 unspecified atom stereocenters. The monoisotopic (exact) mass is 419 g/mol. The summed E-state index contributed by atoms with van der Waals surface area (Å²) in [5, 5.41) is 0.108. The number of aryl methyl sites for hydroxylation is 1. The number of nitrogens with zero attached hydrogens (tertiary/aromatic N) is 3. The van der Waals surface area contributed by atoms with Crippen molar-refractivity contribution in [3.63, 3.8) is 0 Å². The molecule has 3 aromatic rings. The first-order valence-corrected chi connectivity index (χ1v) is 8.69. The predicted octanol–water partition coefficient (Wildman–Crippen LogP) is 5.89. The van der Waals surface area contributed by atoms with Crippen molar-refractivity contribution >= 4 is 23.4 Å². The number of thioether (sulfide) groups is 1.